The summed E-state index contributed by atoms with van der Waals surface area (Å²) in [6, 6.07) is 0. The zero-order chi connectivity index (χ0) is 12.0. The van der Waals surface area contributed by atoms with E-state index in [0.717, 1.165) is 0 Å². The Morgan fingerprint density at radius 3 is 2.33 bits per heavy atom. The van der Waals surface area contributed by atoms with Crippen LogP contribution in [-0.2, 0) is 9.53 Å². The van der Waals surface area contributed by atoms with E-state index in [2.05, 4.69) is 12.8 Å². The Bertz CT molecular complexity index is 222. The molecule has 0 aromatic heterocycles. The van der Waals surface area contributed by atoms with Crippen LogP contribution in [0.1, 0.15) is 26.7 Å². The summed E-state index contributed by atoms with van der Waals surface area (Å²) in [7, 11) is 0. The first kappa shape index (κ1) is 13.9. The van der Waals surface area contributed by atoms with Crippen molar-refractivity contribution in [1.82, 2.24) is 0 Å². The minimum Gasteiger partial charge on any atom is -0.479 e. The summed E-state index contributed by atoms with van der Waals surface area (Å²) in [6.45, 7) is 3.92. The maximum Gasteiger partial charge on any atom is 0.332 e. The third-order valence-electron chi connectivity index (χ3n) is 2.35. The lowest BCUT2D eigenvalue weighted by Gasteiger charge is -2.33. The summed E-state index contributed by atoms with van der Waals surface area (Å²) < 4.78 is 5.32. The number of aliphatic hydroxyl groups is 1. The Morgan fingerprint density at radius 2 is 1.93 bits per heavy atom. The molecule has 4 heteroatoms. The van der Waals surface area contributed by atoms with Crippen LogP contribution in [0.3, 0.4) is 0 Å². The second-order valence-electron chi connectivity index (χ2n) is 3.87. The molecule has 1 aliphatic rings. The molecule has 1 unspecified atom stereocenters. The van der Waals surface area contributed by atoms with E-state index in [-0.39, 0.29) is 18.4 Å². The van der Waals surface area contributed by atoms with Crippen molar-refractivity contribution in [1.29, 1.82) is 0 Å². The highest BCUT2D eigenvalue weighted by molar-refractivity contribution is 5.72. The first-order valence-corrected chi connectivity index (χ1v) is 4.90. The normalized spacial score (nSPS) is 30.4. The maximum absolute atomic E-state index is 10.6. The van der Waals surface area contributed by atoms with E-state index >= 15 is 0 Å². The average Bonchev–Trinajstić information content (AvgIpc) is 2.19. The Kier molecular flexibility index (Phi) is 5.99. The second kappa shape index (κ2) is 6.44. The van der Waals surface area contributed by atoms with Gasteiger partial charge in [0.15, 0.2) is 6.10 Å². The Hall–Kier alpha value is -1.05. The van der Waals surface area contributed by atoms with Crippen LogP contribution in [0.25, 0.3) is 0 Å². The minimum absolute atomic E-state index is 0.134. The number of hydrogen-bond acceptors (Lipinski definition) is 3. The van der Waals surface area contributed by atoms with Gasteiger partial charge in [-0.25, -0.2) is 4.79 Å². The molecule has 0 saturated carbocycles. The molecule has 15 heavy (non-hydrogen) atoms. The number of hydrogen-bond donors (Lipinski definition) is 2. The van der Waals surface area contributed by atoms with Crippen molar-refractivity contribution in [2.45, 2.75) is 45.0 Å². The third kappa shape index (κ3) is 4.32. The summed E-state index contributed by atoms with van der Waals surface area (Å²) in [5, 5.41) is 18.1. The van der Waals surface area contributed by atoms with Crippen molar-refractivity contribution < 1.29 is 19.7 Å². The molecule has 0 aromatic carbocycles. The van der Waals surface area contributed by atoms with Gasteiger partial charge in [-0.1, -0.05) is 13.8 Å². The SMILES string of the molecule is C#C.CC(C)C1C[C@@H](O)C[C@@H](C(=O)O)O1. The maximum atomic E-state index is 10.6. The van der Waals surface area contributed by atoms with Gasteiger partial charge in [0.25, 0.3) is 0 Å². The molecule has 0 spiro atoms. The van der Waals surface area contributed by atoms with Crippen LogP contribution in [0, 0.1) is 18.8 Å². The van der Waals surface area contributed by atoms with Gasteiger partial charge in [-0.3, -0.25) is 0 Å². The van der Waals surface area contributed by atoms with Gasteiger partial charge >= 0.3 is 5.97 Å². The van der Waals surface area contributed by atoms with Crippen molar-refractivity contribution in [2.75, 3.05) is 0 Å². The molecule has 3 atom stereocenters. The van der Waals surface area contributed by atoms with Gasteiger partial charge in [0, 0.05) is 6.42 Å². The molecule has 1 rings (SSSR count). The van der Waals surface area contributed by atoms with Gasteiger partial charge in [0.2, 0.25) is 0 Å². The highest BCUT2D eigenvalue weighted by Crippen LogP contribution is 2.24. The van der Waals surface area contributed by atoms with Crippen LogP contribution >= 0.6 is 0 Å². The summed E-state index contributed by atoms with van der Waals surface area (Å²) in [5.74, 6) is -0.735. The Morgan fingerprint density at radius 1 is 1.40 bits per heavy atom. The van der Waals surface area contributed by atoms with Crippen molar-refractivity contribution in [3.8, 4) is 12.8 Å². The fourth-order valence-corrected chi connectivity index (χ4v) is 1.52. The van der Waals surface area contributed by atoms with Crippen molar-refractivity contribution in [3.05, 3.63) is 0 Å². The number of carboxylic acid groups (broad SMARTS) is 1. The van der Waals surface area contributed by atoms with Crippen LogP contribution in [0.2, 0.25) is 0 Å². The number of aliphatic hydroxyl groups excluding tert-OH is 1. The number of carboxylic acids is 1. The van der Waals surface area contributed by atoms with Gasteiger partial charge in [0.1, 0.15) is 0 Å². The zero-order valence-corrected chi connectivity index (χ0v) is 9.09. The number of rotatable bonds is 2. The zero-order valence-electron chi connectivity index (χ0n) is 9.09. The number of aliphatic carboxylic acids is 1. The molecule has 1 aliphatic heterocycles. The van der Waals surface area contributed by atoms with E-state index in [1.54, 1.807) is 0 Å². The van der Waals surface area contributed by atoms with Gasteiger partial charge < -0.3 is 14.9 Å². The number of carbonyl (C=O) groups is 1. The standard InChI is InChI=1S/C9H16O4.C2H2/c1-5(2)7-3-6(10)4-8(13-7)9(11)12;1-2/h5-8,10H,3-4H2,1-2H3,(H,11,12);1-2H/t6-,7?,8+;/m1./s1. The third-order valence-corrected chi connectivity index (χ3v) is 2.35. The van der Waals surface area contributed by atoms with E-state index in [1.807, 2.05) is 13.8 Å². The van der Waals surface area contributed by atoms with Crippen molar-refractivity contribution in [3.63, 3.8) is 0 Å². The van der Waals surface area contributed by atoms with E-state index in [9.17, 15) is 9.90 Å². The molecule has 2 N–H and O–H groups in total. The van der Waals surface area contributed by atoms with Gasteiger partial charge in [-0.15, -0.1) is 12.8 Å². The van der Waals surface area contributed by atoms with Crippen LogP contribution in [0.4, 0.5) is 0 Å². The number of terminal acetylenes is 1. The molecule has 0 aromatic rings. The Balaban J connectivity index is 0.000000921. The van der Waals surface area contributed by atoms with Crippen molar-refractivity contribution >= 4 is 5.97 Å². The summed E-state index contributed by atoms with van der Waals surface area (Å²) in [4.78, 5) is 10.6. The lowest BCUT2D eigenvalue weighted by atomic mass is 9.94. The largest absolute Gasteiger partial charge is 0.479 e. The van der Waals surface area contributed by atoms with Crippen LogP contribution in [-0.4, -0.2) is 34.5 Å². The summed E-state index contributed by atoms with van der Waals surface area (Å²) in [5.41, 5.74) is 0. The van der Waals surface area contributed by atoms with E-state index in [1.165, 1.54) is 0 Å². The van der Waals surface area contributed by atoms with Crippen molar-refractivity contribution in [2.24, 2.45) is 5.92 Å². The molecule has 1 fully saturated rings. The Labute approximate surface area is 90.3 Å². The van der Waals surface area contributed by atoms with Crippen LogP contribution < -0.4 is 0 Å². The number of ether oxygens (including phenoxy) is 1. The van der Waals surface area contributed by atoms with Gasteiger partial charge in [-0.05, 0) is 12.3 Å². The summed E-state index contributed by atoms with van der Waals surface area (Å²) in [6.07, 6.45) is 7.24. The van der Waals surface area contributed by atoms with Crippen LogP contribution in [0.15, 0.2) is 0 Å². The predicted molar refractivity (Wildman–Crippen MR) is 56.3 cm³/mol. The minimum atomic E-state index is -0.982. The lowest BCUT2D eigenvalue weighted by molar-refractivity contribution is -0.169. The molecule has 86 valence electrons. The molecule has 0 radical (unpaired) electrons. The molecule has 0 aliphatic carbocycles. The quantitative estimate of drug-likeness (QED) is 0.670. The molecule has 4 nitrogen and oxygen atoms in total. The fraction of sp³-hybridized carbons (Fsp3) is 0.727. The van der Waals surface area contributed by atoms with E-state index < -0.39 is 18.2 Å². The first-order valence-electron chi connectivity index (χ1n) is 4.90. The molecular weight excluding hydrogens is 196 g/mol. The highest BCUT2D eigenvalue weighted by atomic mass is 16.5. The van der Waals surface area contributed by atoms with E-state index in [0.29, 0.717) is 6.42 Å². The van der Waals surface area contributed by atoms with Crippen LogP contribution in [0.5, 0.6) is 0 Å². The lowest BCUT2D eigenvalue weighted by Crippen LogP contribution is -2.42. The molecular formula is C11H18O4. The fourth-order valence-electron chi connectivity index (χ4n) is 1.52. The molecule has 0 amide bonds. The highest BCUT2D eigenvalue weighted by Gasteiger charge is 2.33. The monoisotopic (exact) mass is 214 g/mol. The first-order chi connectivity index (χ1) is 7.00. The van der Waals surface area contributed by atoms with Gasteiger partial charge in [-0.2, -0.15) is 0 Å². The average molecular weight is 214 g/mol. The summed E-state index contributed by atoms with van der Waals surface area (Å²) >= 11 is 0. The smallest absolute Gasteiger partial charge is 0.332 e. The molecule has 1 saturated heterocycles. The van der Waals surface area contributed by atoms with E-state index in [4.69, 9.17) is 9.84 Å². The second-order valence-corrected chi connectivity index (χ2v) is 3.87. The predicted octanol–water partition coefficient (Wildman–Crippen LogP) is 0.885. The van der Waals surface area contributed by atoms with Gasteiger partial charge in [0.05, 0.1) is 12.2 Å². The topological polar surface area (TPSA) is 66.8 Å². The molecule has 0 bridgehead atoms. The molecule has 1 heterocycles.